The van der Waals surface area contributed by atoms with E-state index in [1.54, 1.807) is 32.9 Å². The Bertz CT molecular complexity index is 2380. The normalized spacial score (nSPS) is 34.8. The van der Waals surface area contributed by atoms with E-state index in [1.807, 2.05) is 19.1 Å². The van der Waals surface area contributed by atoms with Crippen molar-refractivity contribution in [3.05, 3.63) is 54.2 Å². The first kappa shape index (κ1) is 44.7. The highest BCUT2D eigenvalue weighted by atomic mass is 32.1. The van der Waals surface area contributed by atoms with Crippen molar-refractivity contribution in [2.45, 2.75) is 110 Å². The highest BCUT2D eigenvalue weighted by Gasteiger charge is 2.62. The smallest absolute Gasteiger partial charge is 0.233 e. The number of likely N-dealkylation sites (tertiary alicyclic amines) is 2. The zero-order chi connectivity index (χ0) is 45.1. The van der Waals surface area contributed by atoms with Crippen LogP contribution in [0.1, 0.15) is 110 Å². The van der Waals surface area contributed by atoms with Crippen molar-refractivity contribution in [3.8, 4) is 0 Å². The molecule has 3 saturated heterocycles. The monoisotopic (exact) mass is 934 g/mol. The zero-order valence-corrected chi connectivity index (χ0v) is 40.9. The average Bonchev–Trinajstić information content (AvgIpc) is 4.25. The van der Waals surface area contributed by atoms with Crippen molar-refractivity contribution in [3.63, 3.8) is 0 Å². The fourth-order valence-corrected chi connectivity index (χ4v) is 16.8. The first-order chi connectivity index (χ1) is 32.2. The molecule has 3 aliphatic heterocycles. The predicted molar refractivity (Wildman–Crippen MR) is 265 cm³/mol. The fraction of sp³-hybridized carbons (Fsp3) is 0.667. The molecule has 2 aromatic carbocycles. The molecule has 0 spiro atoms. The largest absolute Gasteiger partial charge is 0.353 e. The maximum absolute atomic E-state index is 13.3. The Balaban J connectivity index is 0.000000138. The van der Waals surface area contributed by atoms with Gasteiger partial charge in [-0.05, 0) is 153 Å². The van der Waals surface area contributed by atoms with Gasteiger partial charge in [-0.3, -0.25) is 33.9 Å². The lowest BCUT2D eigenvalue weighted by Crippen LogP contribution is -2.49. The maximum atomic E-state index is 13.3. The molecule has 9 fully saturated rings. The Morgan fingerprint density at radius 2 is 0.955 bits per heavy atom. The molecule has 6 saturated carbocycles. The van der Waals surface area contributed by atoms with Crippen LogP contribution in [0.3, 0.4) is 0 Å². The van der Waals surface area contributed by atoms with Crippen molar-refractivity contribution >= 4 is 72.7 Å². The zero-order valence-electron chi connectivity index (χ0n) is 39.2. The Kier molecular flexibility index (Phi) is 12.9. The van der Waals surface area contributed by atoms with Crippen LogP contribution >= 0.6 is 23.1 Å². The molecule has 2 aromatic heterocycles. The number of rotatable bonds is 8. The Labute approximate surface area is 401 Å². The van der Waals surface area contributed by atoms with Crippen LogP contribution in [0.4, 0.5) is 5.82 Å². The minimum atomic E-state index is 0. The van der Waals surface area contributed by atoms with E-state index in [4.69, 9.17) is 4.37 Å². The standard InChI is InChI=1S/C28H36N4O2S.C18H27NO2.C8H7NS.H2/c33-27-24-18-9-10-19(15-18)25(24)28(34)32(27)17-21-6-2-1-5-20(21)16-30-11-13-31(14-12-30)26-22-7-3-4-8-23(22)35-29-26;1-2-11-5-3-4-6-14(11)10-19-17(20)15-12-7-8-13(9-12)16(15)18(19)21;1-6-7-4-2-3-5-8(7)10-9-6;/h3-4,7-8,18-21,24-25H,1-2,5-6,9-17H2;11-16H,2-10H2,1H3;2-5H,1H3;1H/i;;;1+1. The molecule has 12 heteroatoms. The van der Waals surface area contributed by atoms with Crippen LogP contribution in [0, 0.1) is 77.9 Å². The molecule has 13 rings (SSSR count). The van der Waals surface area contributed by atoms with Gasteiger partial charge in [0.15, 0.2) is 0 Å². The number of amides is 4. The van der Waals surface area contributed by atoms with Crippen LogP contribution in [0.15, 0.2) is 48.5 Å². The summed E-state index contributed by atoms with van der Waals surface area (Å²) in [5.74, 6) is 6.44. The quantitative estimate of drug-likeness (QED) is 0.161. The Morgan fingerprint density at radius 3 is 1.45 bits per heavy atom. The van der Waals surface area contributed by atoms with Crippen LogP contribution in [0.25, 0.3) is 20.2 Å². The summed E-state index contributed by atoms with van der Waals surface area (Å²) in [6.45, 7) is 11.0. The first-order valence-electron chi connectivity index (χ1n) is 26.1. The summed E-state index contributed by atoms with van der Waals surface area (Å²) in [4.78, 5) is 60.6. The predicted octanol–water partition coefficient (Wildman–Crippen LogP) is 10.3. The summed E-state index contributed by atoms with van der Waals surface area (Å²) >= 11 is 3.16. The molecule has 12 atom stereocenters. The maximum Gasteiger partial charge on any atom is 0.233 e. The van der Waals surface area contributed by atoms with Crippen LogP contribution in [-0.2, 0) is 19.2 Å². The number of carbonyl (C=O) groups is 4. The SMILES string of the molecule is CCC1CCCCC1CN1C(=O)C2C3CCC(C3)C2C1=O.Cc1nsc2ccccc12.O=C1C2C3CCC(C3)C2C(=O)N1CC1CCCCC1CN1CCN(c2nsc3ccccc23)CC1.[2HH]. The van der Waals surface area contributed by atoms with E-state index in [0.29, 0.717) is 48.0 Å². The van der Waals surface area contributed by atoms with Gasteiger partial charge < -0.3 is 4.90 Å². The second-order valence-corrected chi connectivity index (χ2v) is 23.5. The number of aryl methyl sites for hydroxylation is 1. The summed E-state index contributed by atoms with van der Waals surface area (Å²) in [6.07, 6.45) is 18.1. The van der Waals surface area contributed by atoms with Crippen LogP contribution in [0.5, 0.6) is 0 Å². The van der Waals surface area contributed by atoms with Crippen molar-refractivity contribution in [2.75, 3.05) is 50.7 Å². The molecule has 66 heavy (non-hydrogen) atoms. The lowest BCUT2D eigenvalue weighted by Gasteiger charge is -2.40. The Hall–Kier alpha value is -3.74. The third-order valence-corrected chi connectivity index (χ3v) is 20.3. The molecule has 5 heterocycles. The van der Waals surface area contributed by atoms with Crippen LogP contribution in [0.2, 0.25) is 0 Å². The van der Waals surface area contributed by atoms with E-state index >= 15 is 0 Å². The van der Waals surface area contributed by atoms with Gasteiger partial charge in [-0.15, -0.1) is 0 Å². The minimum absolute atomic E-state index is 0. The number of fused-ring (bicyclic) bond motifs is 12. The molecule has 6 aliphatic carbocycles. The van der Waals surface area contributed by atoms with E-state index in [2.05, 4.69) is 57.5 Å². The van der Waals surface area contributed by atoms with Crippen molar-refractivity contribution in [2.24, 2.45) is 71.0 Å². The molecular weight excluding hydrogens is 861 g/mol. The first-order valence-corrected chi connectivity index (χ1v) is 27.6. The van der Waals surface area contributed by atoms with Gasteiger partial charge in [0, 0.05) is 58.0 Å². The van der Waals surface area contributed by atoms with Crippen molar-refractivity contribution in [1.29, 1.82) is 0 Å². The summed E-state index contributed by atoms with van der Waals surface area (Å²) in [5.41, 5.74) is 1.14. The van der Waals surface area contributed by atoms with Crippen molar-refractivity contribution < 1.29 is 20.6 Å². The number of imide groups is 2. The molecule has 4 bridgehead atoms. The summed E-state index contributed by atoms with van der Waals surface area (Å²) in [7, 11) is 0. The van der Waals surface area contributed by atoms with Crippen LogP contribution < -0.4 is 4.90 Å². The van der Waals surface area contributed by atoms with Gasteiger partial charge in [-0.1, -0.05) is 75.8 Å². The van der Waals surface area contributed by atoms with Gasteiger partial charge in [0.05, 0.1) is 38.8 Å². The second-order valence-electron chi connectivity index (χ2n) is 21.9. The Morgan fingerprint density at radius 1 is 0.530 bits per heavy atom. The molecule has 10 nitrogen and oxygen atoms in total. The van der Waals surface area contributed by atoms with Gasteiger partial charge in [0.1, 0.15) is 5.82 Å². The number of hydrogen-bond donors (Lipinski definition) is 0. The number of carbonyl (C=O) groups excluding carboxylic acids is 4. The van der Waals surface area contributed by atoms with Gasteiger partial charge in [-0.25, -0.2) is 0 Å². The van der Waals surface area contributed by atoms with E-state index in [9.17, 15) is 19.2 Å². The van der Waals surface area contributed by atoms with Gasteiger partial charge in [0.2, 0.25) is 23.6 Å². The summed E-state index contributed by atoms with van der Waals surface area (Å²) in [6, 6.07) is 16.8. The number of piperazine rings is 1. The molecule has 4 amide bonds. The molecule has 9 aliphatic rings. The molecule has 354 valence electrons. The van der Waals surface area contributed by atoms with E-state index in [1.165, 1.54) is 84.4 Å². The number of benzene rings is 2. The highest BCUT2D eigenvalue weighted by molar-refractivity contribution is 7.14. The summed E-state index contributed by atoms with van der Waals surface area (Å²) < 4.78 is 11.5. The van der Waals surface area contributed by atoms with E-state index < -0.39 is 0 Å². The molecular formula is C54H72N6O4S2. The number of hydrogen-bond acceptors (Lipinski definition) is 10. The van der Waals surface area contributed by atoms with Gasteiger partial charge in [-0.2, -0.15) is 8.75 Å². The topological polar surface area (TPSA) is 107 Å². The molecule has 0 N–H and O–H groups in total. The highest BCUT2D eigenvalue weighted by Crippen LogP contribution is 2.57. The lowest BCUT2D eigenvalue weighted by atomic mass is 9.77. The van der Waals surface area contributed by atoms with Crippen molar-refractivity contribution in [1.82, 2.24) is 23.4 Å². The number of anilines is 1. The lowest BCUT2D eigenvalue weighted by molar-refractivity contribution is -0.143. The van der Waals surface area contributed by atoms with Gasteiger partial charge in [0.25, 0.3) is 0 Å². The third-order valence-electron chi connectivity index (χ3n) is 18.6. The third kappa shape index (κ3) is 8.24. The van der Waals surface area contributed by atoms with Crippen LogP contribution in [-0.4, -0.2) is 92.9 Å². The molecule has 0 radical (unpaired) electrons. The average molecular weight is 934 g/mol. The summed E-state index contributed by atoms with van der Waals surface area (Å²) in [5, 5.41) is 2.56. The molecule has 12 unspecified atom stereocenters. The fourth-order valence-electron chi connectivity index (χ4n) is 15.2. The van der Waals surface area contributed by atoms with E-state index in [-0.39, 0.29) is 48.7 Å². The second kappa shape index (κ2) is 19.0. The number of nitrogens with zero attached hydrogens (tertiary/aromatic N) is 6. The van der Waals surface area contributed by atoms with Gasteiger partial charge >= 0.3 is 0 Å². The number of aromatic nitrogens is 2. The minimum Gasteiger partial charge on any atom is -0.353 e. The molecule has 4 aromatic rings. The van der Waals surface area contributed by atoms with E-state index in [0.717, 1.165) is 88.8 Å².